The van der Waals surface area contributed by atoms with Gasteiger partial charge in [0.2, 0.25) is 0 Å². The van der Waals surface area contributed by atoms with Crippen LogP contribution >= 0.6 is 15.9 Å². The number of hydrogen-bond acceptors (Lipinski definition) is 3. The second-order valence-corrected chi connectivity index (χ2v) is 7.11. The van der Waals surface area contributed by atoms with Crippen LogP contribution in [-0.4, -0.2) is 26.5 Å². The van der Waals surface area contributed by atoms with Gasteiger partial charge in [-0.15, -0.1) is 0 Å². The van der Waals surface area contributed by atoms with Gasteiger partial charge in [0.1, 0.15) is 0 Å². The van der Waals surface area contributed by atoms with E-state index in [1.807, 2.05) is 32.0 Å². The standard InChI is InChI=1S/C12H18BrNO2S/c1-3-8-17(15,16)9-7-14-11-6-4-5-10(2)12(11)13/h4-6,14H,3,7-9H2,1-2H3. The van der Waals surface area contributed by atoms with Crippen molar-refractivity contribution >= 4 is 31.5 Å². The summed E-state index contributed by atoms with van der Waals surface area (Å²) in [5, 5.41) is 3.14. The molecule has 17 heavy (non-hydrogen) atoms. The minimum Gasteiger partial charge on any atom is -0.383 e. The van der Waals surface area contributed by atoms with Crippen molar-refractivity contribution in [3.8, 4) is 0 Å². The van der Waals surface area contributed by atoms with E-state index in [2.05, 4.69) is 21.2 Å². The quantitative estimate of drug-likeness (QED) is 0.876. The molecular formula is C12H18BrNO2S. The van der Waals surface area contributed by atoms with Gasteiger partial charge in [0.25, 0.3) is 0 Å². The van der Waals surface area contributed by atoms with Gasteiger partial charge in [-0.25, -0.2) is 8.42 Å². The summed E-state index contributed by atoms with van der Waals surface area (Å²) in [6, 6.07) is 5.88. The summed E-state index contributed by atoms with van der Waals surface area (Å²) in [5.74, 6) is 0.449. The minimum absolute atomic E-state index is 0.182. The minimum atomic E-state index is -2.90. The van der Waals surface area contributed by atoms with E-state index in [4.69, 9.17) is 0 Å². The van der Waals surface area contributed by atoms with Gasteiger partial charge in [0.15, 0.2) is 9.84 Å². The molecule has 0 unspecified atom stereocenters. The Hall–Kier alpha value is -0.550. The summed E-state index contributed by atoms with van der Waals surface area (Å²) in [4.78, 5) is 0. The molecule has 0 aliphatic rings. The Morgan fingerprint density at radius 2 is 2.00 bits per heavy atom. The Bertz CT molecular complexity index is 471. The predicted molar refractivity (Wildman–Crippen MR) is 76.3 cm³/mol. The van der Waals surface area contributed by atoms with Crippen molar-refractivity contribution in [3.05, 3.63) is 28.2 Å². The van der Waals surface area contributed by atoms with Gasteiger partial charge >= 0.3 is 0 Å². The topological polar surface area (TPSA) is 46.2 Å². The molecule has 0 fully saturated rings. The lowest BCUT2D eigenvalue weighted by atomic mass is 10.2. The van der Waals surface area contributed by atoms with Crippen LogP contribution in [0.3, 0.4) is 0 Å². The van der Waals surface area contributed by atoms with Gasteiger partial charge in [0, 0.05) is 22.5 Å². The molecule has 0 aliphatic carbocycles. The van der Waals surface area contributed by atoms with E-state index in [1.54, 1.807) is 0 Å². The highest BCUT2D eigenvalue weighted by atomic mass is 79.9. The van der Waals surface area contributed by atoms with E-state index in [0.717, 1.165) is 15.7 Å². The van der Waals surface area contributed by atoms with Crippen LogP contribution in [0.25, 0.3) is 0 Å². The number of aryl methyl sites for hydroxylation is 1. The Kier molecular flexibility index (Phi) is 5.46. The number of anilines is 1. The molecule has 0 radical (unpaired) electrons. The average molecular weight is 320 g/mol. The van der Waals surface area contributed by atoms with Gasteiger partial charge < -0.3 is 5.32 Å². The molecule has 0 saturated heterocycles. The Morgan fingerprint density at radius 1 is 1.29 bits per heavy atom. The van der Waals surface area contributed by atoms with Crippen molar-refractivity contribution in [2.75, 3.05) is 23.4 Å². The second-order valence-electron chi connectivity index (χ2n) is 4.02. The normalized spacial score (nSPS) is 11.5. The zero-order valence-electron chi connectivity index (χ0n) is 10.2. The van der Waals surface area contributed by atoms with E-state index in [1.165, 1.54) is 0 Å². The molecule has 0 bridgehead atoms. The number of halogens is 1. The lowest BCUT2D eigenvalue weighted by Gasteiger charge is -2.10. The van der Waals surface area contributed by atoms with E-state index < -0.39 is 9.84 Å². The molecule has 1 N–H and O–H groups in total. The molecule has 1 aromatic carbocycles. The van der Waals surface area contributed by atoms with E-state index in [0.29, 0.717) is 13.0 Å². The summed E-state index contributed by atoms with van der Waals surface area (Å²) >= 11 is 3.48. The van der Waals surface area contributed by atoms with Crippen molar-refractivity contribution in [2.24, 2.45) is 0 Å². The molecule has 0 spiro atoms. The smallest absolute Gasteiger partial charge is 0.152 e. The SMILES string of the molecule is CCCS(=O)(=O)CCNc1cccc(C)c1Br. The zero-order chi connectivity index (χ0) is 12.9. The Labute approximate surface area is 112 Å². The second kappa shape index (κ2) is 6.40. The Balaban J connectivity index is 2.55. The first-order chi connectivity index (χ1) is 7.96. The van der Waals surface area contributed by atoms with Gasteiger partial charge in [-0.2, -0.15) is 0 Å². The van der Waals surface area contributed by atoms with Crippen molar-refractivity contribution < 1.29 is 8.42 Å². The number of sulfone groups is 1. The molecule has 3 nitrogen and oxygen atoms in total. The largest absolute Gasteiger partial charge is 0.383 e. The van der Waals surface area contributed by atoms with Crippen LogP contribution in [-0.2, 0) is 9.84 Å². The molecule has 5 heteroatoms. The summed E-state index contributed by atoms with van der Waals surface area (Å²) in [5.41, 5.74) is 2.07. The van der Waals surface area contributed by atoms with Crippen LogP contribution in [0.4, 0.5) is 5.69 Å². The predicted octanol–water partition coefficient (Wildman–Crippen LogP) is 2.99. The van der Waals surface area contributed by atoms with Crippen LogP contribution in [0.1, 0.15) is 18.9 Å². The first-order valence-electron chi connectivity index (χ1n) is 5.65. The highest BCUT2D eigenvalue weighted by Gasteiger charge is 2.09. The summed E-state index contributed by atoms with van der Waals surface area (Å²) < 4.78 is 24.0. The van der Waals surface area contributed by atoms with Crippen molar-refractivity contribution in [1.29, 1.82) is 0 Å². The van der Waals surface area contributed by atoms with Crippen molar-refractivity contribution in [3.63, 3.8) is 0 Å². The van der Waals surface area contributed by atoms with Crippen LogP contribution in [0.2, 0.25) is 0 Å². The molecule has 0 amide bonds. The lowest BCUT2D eigenvalue weighted by molar-refractivity contribution is 0.595. The van der Waals surface area contributed by atoms with E-state index in [-0.39, 0.29) is 11.5 Å². The van der Waals surface area contributed by atoms with Crippen LogP contribution in [0, 0.1) is 6.92 Å². The number of hydrogen-bond donors (Lipinski definition) is 1. The average Bonchev–Trinajstić information content (AvgIpc) is 2.24. The third kappa shape index (κ3) is 4.68. The molecule has 1 rings (SSSR count). The van der Waals surface area contributed by atoms with E-state index in [9.17, 15) is 8.42 Å². The van der Waals surface area contributed by atoms with Gasteiger partial charge in [-0.05, 0) is 40.9 Å². The number of rotatable bonds is 6. The molecular weight excluding hydrogens is 302 g/mol. The number of nitrogens with one attached hydrogen (secondary N) is 1. The molecule has 0 saturated carbocycles. The molecule has 0 aromatic heterocycles. The molecule has 0 atom stereocenters. The Morgan fingerprint density at radius 3 is 2.65 bits per heavy atom. The fourth-order valence-electron chi connectivity index (χ4n) is 1.54. The van der Waals surface area contributed by atoms with Crippen molar-refractivity contribution in [1.82, 2.24) is 0 Å². The fourth-order valence-corrected chi connectivity index (χ4v) is 3.18. The molecule has 1 aromatic rings. The molecule has 96 valence electrons. The zero-order valence-corrected chi connectivity index (χ0v) is 12.6. The van der Waals surface area contributed by atoms with Gasteiger partial charge in [-0.3, -0.25) is 0 Å². The van der Waals surface area contributed by atoms with Crippen LogP contribution in [0.5, 0.6) is 0 Å². The summed E-state index contributed by atoms with van der Waals surface area (Å²) in [6.45, 7) is 4.33. The first kappa shape index (κ1) is 14.5. The maximum absolute atomic E-state index is 11.5. The monoisotopic (exact) mass is 319 g/mol. The lowest BCUT2D eigenvalue weighted by Crippen LogP contribution is -2.18. The number of benzene rings is 1. The third-order valence-electron chi connectivity index (χ3n) is 2.44. The van der Waals surface area contributed by atoms with E-state index >= 15 is 0 Å². The van der Waals surface area contributed by atoms with Crippen LogP contribution < -0.4 is 5.32 Å². The molecule has 0 heterocycles. The third-order valence-corrected chi connectivity index (χ3v) is 5.34. The highest BCUT2D eigenvalue weighted by molar-refractivity contribution is 9.10. The van der Waals surface area contributed by atoms with Crippen molar-refractivity contribution in [2.45, 2.75) is 20.3 Å². The first-order valence-corrected chi connectivity index (χ1v) is 8.27. The fraction of sp³-hybridized carbons (Fsp3) is 0.500. The van der Waals surface area contributed by atoms with Gasteiger partial charge in [-0.1, -0.05) is 19.1 Å². The van der Waals surface area contributed by atoms with Crippen LogP contribution in [0.15, 0.2) is 22.7 Å². The highest BCUT2D eigenvalue weighted by Crippen LogP contribution is 2.25. The van der Waals surface area contributed by atoms with Gasteiger partial charge in [0.05, 0.1) is 5.75 Å². The summed E-state index contributed by atoms with van der Waals surface area (Å²) in [7, 11) is -2.90. The summed E-state index contributed by atoms with van der Waals surface area (Å²) in [6.07, 6.45) is 0.677. The maximum atomic E-state index is 11.5. The maximum Gasteiger partial charge on any atom is 0.152 e. The molecule has 0 aliphatic heterocycles.